The van der Waals surface area contributed by atoms with Crippen molar-refractivity contribution in [2.75, 3.05) is 18.0 Å². The first-order valence-corrected chi connectivity index (χ1v) is 6.29. The smallest absolute Gasteiger partial charge is 0.382 e. The van der Waals surface area contributed by atoms with Gasteiger partial charge in [0.1, 0.15) is 11.5 Å². The van der Waals surface area contributed by atoms with Gasteiger partial charge in [0.25, 0.3) is 0 Å². The number of rotatable bonds is 2. The first kappa shape index (κ1) is 14.5. The predicted molar refractivity (Wildman–Crippen MR) is 68.8 cm³/mol. The maximum absolute atomic E-state index is 12.6. The number of hydrogen-bond acceptors (Lipinski definition) is 4. The van der Waals surface area contributed by atoms with Gasteiger partial charge in [0.2, 0.25) is 5.95 Å². The predicted octanol–water partition coefficient (Wildman–Crippen LogP) is 1.85. The summed E-state index contributed by atoms with van der Waals surface area (Å²) in [6, 6.07) is 1.58. The lowest BCUT2D eigenvalue weighted by atomic mass is 9.96. The van der Waals surface area contributed by atoms with Crippen molar-refractivity contribution in [1.82, 2.24) is 9.97 Å². The third-order valence-corrected chi connectivity index (χ3v) is 3.36. The second kappa shape index (κ2) is 5.26. The fourth-order valence-electron chi connectivity index (χ4n) is 2.24. The third-order valence-electron chi connectivity index (χ3n) is 3.36. The summed E-state index contributed by atoms with van der Waals surface area (Å²) in [6.07, 6.45) is -4.06. The minimum Gasteiger partial charge on any atom is -0.382 e. The molecule has 0 bridgehead atoms. The third kappa shape index (κ3) is 3.17. The minimum absolute atomic E-state index is 0.0379. The van der Waals surface area contributed by atoms with E-state index in [9.17, 15) is 13.2 Å². The Morgan fingerprint density at radius 1 is 1.35 bits per heavy atom. The number of aromatic nitrogens is 2. The number of hydrogen-bond donors (Lipinski definition) is 2. The van der Waals surface area contributed by atoms with Crippen molar-refractivity contribution < 1.29 is 13.2 Å². The number of piperidine rings is 1. The molecule has 20 heavy (non-hydrogen) atoms. The van der Waals surface area contributed by atoms with Gasteiger partial charge in [-0.2, -0.15) is 13.2 Å². The van der Waals surface area contributed by atoms with Gasteiger partial charge in [0, 0.05) is 18.8 Å². The molecule has 1 aliphatic heterocycles. The molecule has 0 aliphatic carbocycles. The first-order valence-electron chi connectivity index (χ1n) is 6.29. The van der Waals surface area contributed by atoms with E-state index in [-0.39, 0.29) is 31.8 Å². The van der Waals surface area contributed by atoms with E-state index in [4.69, 9.17) is 11.1 Å². The molecule has 1 aromatic heterocycles. The Balaban J connectivity index is 2.13. The zero-order valence-corrected chi connectivity index (χ0v) is 11.0. The maximum atomic E-state index is 12.6. The van der Waals surface area contributed by atoms with E-state index >= 15 is 0 Å². The molecule has 1 fully saturated rings. The Hall–Kier alpha value is -1.86. The maximum Gasteiger partial charge on any atom is 0.391 e. The highest BCUT2D eigenvalue weighted by atomic mass is 19.4. The van der Waals surface area contributed by atoms with Crippen LogP contribution in [0.3, 0.4) is 0 Å². The average molecular weight is 287 g/mol. The number of nitrogens with one attached hydrogen (secondary N) is 1. The van der Waals surface area contributed by atoms with E-state index in [1.165, 1.54) is 0 Å². The molecule has 0 aromatic carbocycles. The summed E-state index contributed by atoms with van der Waals surface area (Å²) in [6.45, 7) is 2.25. The topological polar surface area (TPSA) is 78.9 Å². The quantitative estimate of drug-likeness (QED) is 0.642. The highest BCUT2D eigenvalue weighted by Gasteiger charge is 2.41. The lowest BCUT2D eigenvalue weighted by molar-refractivity contribution is -0.179. The monoisotopic (exact) mass is 287 g/mol. The van der Waals surface area contributed by atoms with Crippen LogP contribution in [0.25, 0.3) is 0 Å². The van der Waals surface area contributed by atoms with Crippen molar-refractivity contribution in [3.8, 4) is 0 Å². The molecule has 8 heteroatoms. The van der Waals surface area contributed by atoms with Crippen LogP contribution in [-0.4, -0.2) is 35.1 Å². The number of amidine groups is 1. The number of alkyl halides is 3. The van der Waals surface area contributed by atoms with Crippen molar-refractivity contribution in [2.45, 2.75) is 25.9 Å². The molecule has 110 valence electrons. The number of nitrogen functional groups attached to an aromatic ring is 1. The van der Waals surface area contributed by atoms with Crippen LogP contribution in [-0.2, 0) is 0 Å². The zero-order chi connectivity index (χ0) is 14.9. The minimum atomic E-state index is -4.13. The highest BCUT2D eigenvalue weighted by Crippen LogP contribution is 2.34. The molecular weight excluding hydrogens is 271 g/mol. The number of nitrogens with zero attached hydrogens (tertiary/aromatic N) is 3. The Kier molecular flexibility index (Phi) is 3.82. The van der Waals surface area contributed by atoms with Crippen molar-refractivity contribution in [1.29, 1.82) is 5.41 Å². The fraction of sp³-hybridized carbons (Fsp3) is 0.583. The largest absolute Gasteiger partial charge is 0.391 e. The first-order chi connectivity index (χ1) is 9.27. The summed E-state index contributed by atoms with van der Waals surface area (Å²) in [7, 11) is 0. The average Bonchev–Trinajstić information content (AvgIpc) is 2.37. The van der Waals surface area contributed by atoms with Gasteiger partial charge < -0.3 is 10.6 Å². The second-order valence-corrected chi connectivity index (χ2v) is 4.91. The molecule has 0 spiro atoms. The van der Waals surface area contributed by atoms with Crippen LogP contribution in [0.4, 0.5) is 19.1 Å². The number of anilines is 1. The summed E-state index contributed by atoms with van der Waals surface area (Å²) in [5.74, 6) is -1.09. The van der Waals surface area contributed by atoms with Gasteiger partial charge in [-0.05, 0) is 25.8 Å². The molecule has 2 rings (SSSR count). The summed E-state index contributed by atoms with van der Waals surface area (Å²) in [5, 5.41) is 7.38. The van der Waals surface area contributed by atoms with Crippen LogP contribution < -0.4 is 10.6 Å². The number of aryl methyl sites for hydroxylation is 1. The van der Waals surface area contributed by atoms with Gasteiger partial charge in [-0.25, -0.2) is 9.97 Å². The SMILES string of the molecule is Cc1cc(C(=N)N)nc(N2CCC(C(F)(F)F)CC2)n1. The van der Waals surface area contributed by atoms with E-state index in [1.807, 2.05) is 0 Å². The van der Waals surface area contributed by atoms with Crippen molar-refractivity contribution in [2.24, 2.45) is 11.7 Å². The molecule has 0 unspecified atom stereocenters. The fourth-order valence-corrected chi connectivity index (χ4v) is 2.24. The molecule has 0 saturated carbocycles. The van der Waals surface area contributed by atoms with Crippen LogP contribution in [0.2, 0.25) is 0 Å². The normalized spacial score (nSPS) is 17.3. The molecule has 3 N–H and O–H groups in total. The lowest BCUT2D eigenvalue weighted by Gasteiger charge is -2.33. The molecule has 0 radical (unpaired) electrons. The molecule has 0 amide bonds. The summed E-state index contributed by atoms with van der Waals surface area (Å²) in [4.78, 5) is 10.0. The Bertz CT molecular complexity index is 506. The van der Waals surface area contributed by atoms with Crippen molar-refractivity contribution >= 4 is 11.8 Å². The van der Waals surface area contributed by atoms with E-state index in [0.717, 1.165) is 0 Å². The van der Waals surface area contributed by atoms with Gasteiger partial charge in [-0.15, -0.1) is 0 Å². The van der Waals surface area contributed by atoms with Crippen LogP contribution in [0.5, 0.6) is 0 Å². The van der Waals surface area contributed by atoms with E-state index in [2.05, 4.69) is 9.97 Å². The molecule has 1 aliphatic rings. The lowest BCUT2D eigenvalue weighted by Crippen LogP contribution is -2.40. The molecule has 1 aromatic rings. The molecular formula is C12H16F3N5. The number of nitrogens with two attached hydrogens (primary N) is 1. The van der Waals surface area contributed by atoms with Gasteiger partial charge >= 0.3 is 6.18 Å². The molecule has 0 atom stereocenters. The highest BCUT2D eigenvalue weighted by molar-refractivity contribution is 5.93. The van der Waals surface area contributed by atoms with E-state index < -0.39 is 12.1 Å². The molecule has 2 heterocycles. The van der Waals surface area contributed by atoms with Crippen LogP contribution >= 0.6 is 0 Å². The Morgan fingerprint density at radius 2 is 1.95 bits per heavy atom. The molecule has 1 saturated heterocycles. The van der Waals surface area contributed by atoms with Crippen molar-refractivity contribution in [3.05, 3.63) is 17.5 Å². The summed E-state index contributed by atoms with van der Waals surface area (Å²) in [5.41, 5.74) is 6.32. The summed E-state index contributed by atoms with van der Waals surface area (Å²) < 4.78 is 37.8. The Morgan fingerprint density at radius 3 is 2.45 bits per heavy atom. The van der Waals surface area contributed by atoms with E-state index in [0.29, 0.717) is 17.3 Å². The zero-order valence-electron chi connectivity index (χ0n) is 11.0. The second-order valence-electron chi connectivity index (χ2n) is 4.91. The molecule has 5 nitrogen and oxygen atoms in total. The van der Waals surface area contributed by atoms with Crippen LogP contribution in [0, 0.1) is 18.3 Å². The standard InChI is InChI=1S/C12H16F3N5/c1-7-6-9(10(16)17)19-11(18-7)20-4-2-8(3-5-20)12(13,14)15/h6,8H,2-5H2,1H3,(H3,16,17). The van der Waals surface area contributed by atoms with Gasteiger partial charge in [-0.1, -0.05) is 0 Å². The van der Waals surface area contributed by atoms with Gasteiger partial charge in [-0.3, -0.25) is 5.41 Å². The van der Waals surface area contributed by atoms with Crippen LogP contribution in [0.15, 0.2) is 6.07 Å². The number of halogens is 3. The Labute approximate surface area is 114 Å². The van der Waals surface area contributed by atoms with Gasteiger partial charge in [0.15, 0.2) is 0 Å². The summed E-state index contributed by atoms with van der Waals surface area (Å²) >= 11 is 0. The van der Waals surface area contributed by atoms with Gasteiger partial charge in [0.05, 0.1) is 5.92 Å². The van der Waals surface area contributed by atoms with Crippen LogP contribution in [0.1, 0.15) is 24.2 Å². The van der Waals surface area contributed by atoms with Crippen molar-refractivity contribution in [3.63, 3.8) is 0 Å². The van der Waals surface area contributed by atoms with E-state index in [1.54, 1.807) is 17.9 Å².